The van der Waals surface area contributed by atoms with Crippen molar-refractivity contribution in [1.29, 1.82) is 0 Å². The molecule has 0 unspecified atom stereocenters. The summed E-state index contributed by atoms with van der Waals surface area (Å²) in [6, 6.07) is 24.6. The van der Waals surface area contributed by atoms with E-state index in [0.29, 0.717) is 30.3 Å². The fourth-order valence-electron chi connectivity index (χ4n) is 3.15. The molecule has 4 rings (SSSR count). The Morgan fingerprint density at radius 2 is 1.65 bits per heavy atom. The Kier molecular flexibility index (Phi) is 7.38. The molecule has 0 aliphatic heterocycles. The van der Waals surface area contributed by atoms with Crippen LogP contribution in [0.4, 0.5) is 4.39 Å². The predicted octanol–water partition coefficient (Wildman–Crippen LogP) is 6.26. The molecule has 0 saturated carbocycles. The molecule has 0 aliphatic carbocycles. The lowest BCUT2D eigenvalue weighted by atomic mass is 10.1. The van der Waals surface area contributed by atoms with E-state index in [9.17, 15) is 4.39 Å². The van der Waals surface area contributed by atoms with Gasteiger partial charge >= 0.3 is 0 Å². The van der Waals surface area contributed by atoms with E-state index in [2.05, 4.69) is 38.3 Å². The molecule has 0 saturated heterocycles. The second-order valence-electron chi connectivity index (χ2n) is 6.82. The van der Waals surface area contributed by atoms with Crippen molar-refractivity contribution >= 4 is 27.7 Å². The van der Waals surface area contributed by atoms with Crippen LogP contribution in [0.2, 0.25) is 0 Å². The van der Waals surface area contributed by atoms with Crippen LogP contribution in [0.1, 0.15) is 5.56 Å². The van der Waals surface area contributed by atoms with Crippen molar-refractivity contribution in [3.63, 3.8) is 0 Å². The molecule has 0 fully saturated rings. The summed E-state index contributed by atoms with van der Waals surface area (Å²) in [7, 11) is 0. The Bertz CT molecular complexity index is 1120. The first-order chi connectivity index (χ1) is 15.2. The molecule has 4 nitrogen and oxygen atoms in total. The molecule has 158 valence electrons. The number of aromatic nitrogens is 3. The Hall–Kier alpha value is -2.64. The summed E-state index contributed by atoms with van der Waals surface area (Å²) < 4.78 is 23.3. The van der Waals surface area contributed by atoms with Crippen molar-refractivity contribution in [3.05, 3.63) is 94.7 Å². The molecule has 4 aromatic rings. The molecule has 0 amide bonds. The van der Waals surface area contributed by atoms with Gasteiger partial charge in [0.1, 0.15) is 11.6 Å². The third kappa shape index (κ3) is 5.74. The SMILES string of the molecule is Fc1ccccc1-c1nnc(SCCOc2ccc(Br)cc2)n1CCc1ccccc1. The van der Waals surface area contributed by atoms with Gasteiger partial charge < -0.3 is 9.30 Å². The second kappa shape index (κ2) is 10.6. The lowest BCUT2D eigenvalue weighted by Crippen LogP contribution is -2.07. The zero-order chi connectivity index (χ0) is 21.5. The van der Waals surface area contributed by atoms with E-state index in [0.717, 1.165) is 21.8 Å². The number of hydrogen-bond acceptors (Lipinski definition) is 4. The number of thioether (sulfide) groups is 1. The van der Waals surface area contributed by atoms with Crippen LogP contribution in [0, 0.1) is 5.82 Å². The number of halogens is 2. The zero-order valence-electron chi connectivity index (χ0n) is 16.7. The van der Waals surface area contributed by atoms with Crippen molar-refractivity contribution in [2.75, 3.05) is 12.4 Å². The third-order valence-corrected chi connectivity index (χ3v) is 6.16. The van der Waals surface area contributed by atoms with Crippen LogP contribution in [-0.2, 0) is 13.0 Å². The molecular formula is C24H21BrFN3OS. The maximum Gasteiger partial charge on any atom is 0.191 e. The molecule has 0 aliphatic rings. The van der Waals surface area contributed by atoms with Crippen LogP contribution < -0.4 is 4.74 Å². The van der Waals surface area contributed by atoms with Crippen molar-refractivity contribution in [2.45, 2.75) is 18.1 Å². The minimum atomic E-state index is -0.300. The van der Waals surface area contributed by atoms with Gasteiger partial charge in [0.15, 0.2) is 11.0 Å². The summed E-state index contributed by atoms with van der Waals surface area (Å²) in [4.78, 5) is 0. The number of nitrogens with zero attached hydrogens (tertiary/aromatic N) is 3. The van der Waals surface area contributed by atoms with Crippen molar-refractivity contribution in [3.8, 4) is 17.1 Å². The first-order valence-electron chi connectivity index (χ1n) is 9.94. The summed E-state index contributed by atoms with van der Waals surface area (Å²) in [5, 5.41) is 9.42. The van der Waals surface area contributed by atoms with Gasteiger partial charge in [0, 0.05) is 16.8 Å². The van der Waals surface area contributed by atoms with Crippen molar-refractivity contribution < 1.29 is 9.13 Å². The van der Waals surface area contributed by atoms with Crippen LogP contribution >= 0.6 is 27.7 Å². The smallest absolute Gasteiger partial charge is 0.191 e. The Morgan fingerprint density at radius 1 is 0.903 bits per heavy atom. The zero-order valence-corrected chi connectivity index (χ0v) is 19.2. The van der Waals surface area contributed by atoms with Gasteiger partial charge in [-0.2, -0.15) is 0 Å². The maximum atomic E-state index is 14.4. The van der Waals surface area contributed by atoms with Crippen LogP contribution in [-0.4, -0.2) is 27.1 Å². The number of aryl methyl sites for hydroxylation is 1. The van der Waals surface area contributed by atoms with Gasteiger partial charge in [0.2, 0.25) is 0 Å². The third-order valence-electron chi connectivity index (χ3n) is 4.70. The number of rotatable bonds is 9. The topological polar surface area (TPSA) is 39.9 Å². The first kappa shape index (κ1) is 21.6. The van der Waals surface area contributed by atoms with E-state index in [1.54, 1.807) is 23.9 Å². The van der Waals surface area contributed by atoms with Crippen LogP contribution in [0.25, 0.3) is 11.4 Å². The van der Waals surface area contributed by atoms with Gasteiger partial charge in [-0.15, -0.1) is 10.2 Å². The lowest BCUT2D eigenvalue weighted by Gasteiger charge is -2.11. The Labute approximate surface area is 193 Å². The predicted molar refractivity (Wildman–Crippen MR) is 126 cm³/mol. The highest BCUT2D eigenvalue weighted by Crippen LogP contribution is 2.26. The van der Waals surface area contributed by atoms with Crippen molar-refractivity contribution in [1.82, 2.24) is 14.8 Å². The molecule has 7 heteroatoms. The van der Waals surface area contributed by atoms with Crippen molar-refractivity contribution in [2.24, 2.45) is 0 Å². The van der Waals surface area contributed by atoms with Gasteiger partial charge in [-0.25, -0.2) is 4.39 Å². The molecule has 0 atom stereocenters. The summed E-state index contributed by atoms with van der Waals surface area (Å²) in [6.07, 6.45) is 0.809. The van der Waals surface area contributed by atoms with E-state index in [1.807, 2.05) is 53.1 Å². The summed E-state index contributed by atoms with van der Waals surface area (Å²) in [6.45, 7) is 1.20. The second-order valence-corrected chi connectivity index (χ2v) is 8.80. The van der Waals surface area contributed by atoms with E-state index in [1.165, 1.54) is 11.6 Å². The summed E-state index contributed by atoms with van der Waals surface area (Å²) in [5.74, 6) is 1.77. The fourth-order valence-corrected chi connectivity index (χ4v) is 4.19. The molecule has 1 heterocycles. The Balaban J connectivity index is 1.48. The summed E-state index contributed by atoms with van der Waals surface area (Å²) in [5.41, 5.74) is 1.67. The van der Waals surface area contributed by atoms with E-state index in [-0.39, 0.29) is 5.82 Å². The maximum absolute atomic E-state index is 14.4. The van der Waals surface area contributed by atoms with E-state index >= 15 is 0 Å². The van der Waals surface area contributed by atoms with E-state index < -0.39 is 0 Å². The minimum Gasteiger partial charge on any atom is -0.493 e. The van der Waals surface area contributed by atoms with E-state index in [4.69, 9.17) is 4.74 Å². The minimum absolute atomic E-state index is 0.300. The standard InChI is InChI=1S/C24H21BrFN3OS/c25-19-10-12-20(13-11-19)30-16-17-31-24-28-27-23(21-8-4-5-9-22(21)26)29(24)15-14-18-6-2-1-3-7-18/h1-13H,14-17H2. The molecule has 1 aromatic heterocycles. The molecule has 31 heavy (non-hydrogen) atoms. The van der Waals surface area contributed by atoms with Gasteiger partial charge in [0.05, 0.1) is 12.2 Å². The average Bonchev–Trinajstić information content (AvgIpc) is 3.20. The van der Waals surface area contributed by atoms with Crippen LogP contribution in [0.5, 0.6) is 5.75 Å². The number of ether oxygens (including phenoxy) is 1. The van der Waals surface area contributed by atoms with Crippen LogP contribution in [0.15, 0.2) is 88.5 Å². The number of hydrogen-bond donors (Lipinski definition) is 0. The highest BCUT2D eigenvalue weighted by Gasteiger charge is 2.17. The quantitative estimate of drug-likeness (QED) is 0.202. The normalized spacial score (nSPS) is 10.9. The molecular weight excluding hydrogens is 477 g/mol. The fraction of sp³-hybridized carbons (Fsp3) is 0.167. The molecule has 0 spiro atoms. The highest BCUT2D eigenvalue weighted by atomic mass is 79.9. The summed E-state index contributed by atoms with van der Waals surface area (Å²) >= 11 is 4.98. The average molecular weight is 498 g/mol. The monoisotopic (exact) mass is 497 g/mol. The highest BCUT2D eigenvalue weighted by molar-refractivity contribution is 9.10. The molecule has 0 radical (unpaired) electrons. The lowest BCUT2D eigenvalue weighted by molar-refractivity contribution is 0.343. The van der Waals surface area contributed by atoms with Gasteiger partial charge in [-0.3, -0.25) is 0 Å². The largest absolute Gasteiger partial charge is 0.493 e. The Morgan fingerprint density at radius 3 is 2.42 bits per heavy atom. The number of benzene rings is 3. The molecule has 0 bridgehead atoms. The van der Waals surface area contributed by atoms with Gasteiger partial charge in [-0.1, -0.05) is 70.2 Å². The molecule has 0 N–H and O–H groups in total. The van der Waals surface area contributed by atoms with Gasteiger partial charge in [0.25, 0.3) is 0 Å². The first-order valence-corrected chi connectivity index (χ1v) is 11.7. The van der Waals surface area contributed by atoms with Crippen LogP contribution in [0.3, 0.4) is 0 Å². The molecule has 3 aromatic carbocycles. The van der Waals surface area contributed by atoms with Gasteiger partial charge in [-0.05, 0) is 48.4 Å².